The van der Waals surface area contributed by atoms with Crippen LogP contribution in [0.15, 0.2) is 12.3 Å². The second-order valence-electron chi connectivity index (χ2n) is 2.10. The molecule has 0 radical (unpaired) electrons. The van der Waals surface area contributed by atoms with Gasteiger partial charge in [0.1, 0.15) is 0 Å². The van der Waals surface area contributed by atoms with Crippen LogP contribution in [0.5, 0.6) is 0 Å². The van der Waals surface area contributed by atoms with Crippen LogP contribution in [0, 0.1) is 12.9 Å². The Balaban J connectivity index is 3.09. The molecule has 0 aliphatic rings. The minimum Gasteiger partial charge on any atom is -0.228 e. The lowest BCUT2D eigenvalue weighted by molar-refractivity contribution is 0.572. The van der Waals surface area contributed by atoms with Gasteiger partial charge in [0.2, 0.25) is 5.95 Å². The highest BCUT2D eigenvalue weighted by Gasteiger charge is 2.00. The SMILES string of the molecule is Cc1cnc(F)c(CCl)c1. The summed E-state index contributed by atoms with van der Waals surface area (Å²) in [6, 6.07) is 1.69. The van der Waals surface area contributed by atoms with Crippen molar-refractivity contribution >= 4 is 11.6 Å². The molecular weight excluding hydrogens is 153 g/mol. The van der Waals surface area contributed by atoms with E-state index in [0.29, 0.717) is 5.56 Å². The van der Waals surface area contributed by atoms with Gasteiger partial charge in [0.05, 0.1) is 5.88 Å². The second kappa shape index (κ2) is 2.97. The van der Waals surface area contributed by atoms with Crippen LogP contribution in [-0.2, 0) is 5.88 Å². The smallest absolute Gasteiger partial charge is 0.217 e. The first kappa shape index (κ1) is 7.48. The molecule has 0 amide bonds. The Labute approximate surface area is 63.8 Å². The Hall–Kier alpha value is -0.630. The highest BCUT2D eigenvalue weighted by atomic mass is 35.5. The molecule has 54 valence electrons. The average Bonchev–Trinajstić information content (AvgIpc) is 1.94. The number of halogens is 2. The molecule has 0 aliphatic heterocycles. The van der Waals surface area contributed by atoms with Crippen molar-refractivity contribution in [2.75, 3.05) is 0 Å². The summed E-state index contributed by atoms with van der Waals surface area (Å²) in [5.74, 6) is -0.291. The number of alkyl halides is 1. The van der Waals surface area contributed by atoms with E-state index in [2.05, 4.69) is 4.98 Å². The predicted octanol–water partition coefficient (Wildman–Crippen LogP) is 2.27. The van der Waals surface area contributed by atoms with E-state index >= 15 is 0 Å². The Morgan fingerprint density at radius 1 is 1.70 bits per heavy atom. The molecule has 0 fully saturated rings. The number of pyridine rings is 1. The van der Waals surface area contributed by atoms with E-state index in [-0.39, 0.29) is 5.88 Å². The summed E-state index contributed by atoms with van der Waals surface area (Å²) in [4.78, 5) is 3.50. The van der Waals surface area contributed by atoms with Crippen molar-refractivity contribution in [3.63, 3.8) is 0 Å². The fourth-order valence-corrected chi connectivity index (χ4v) is 0.894. The summed E-state index contributed by atoms with van der Waals surface area (Å²) in [7, 11) is 0. The highest BCUT2D eigenvalue weighted by Crippen LogP contribution is 2.08. The molecule has 0 saturated heterocycles. The molecule has 1 aromatic rings. The fourth-order valence-electron chi connectivity index (χ4n) is 0.707. The zero-order chi connectivity index (χ0) is 7.56. The first-order valence-corrected chi connectivity index (χ1v) is 3.44. The van der Waals surface area contributed by atoms with Crippen molar-refractivity contribution in [3.8, 4) is 0 Å². The first-order valence-electron chi connectivity index (χ1n) is 2.91. The van der Waals surface area contributed by atoms with Crippen LogP contribution < -0.4 is 0 Å². The van der Waals surface area contributed by atoms with Crippen LogP contribution >= 0.6 is 11.6 Å². The monoisotopic (exact) mass is 159 g/mol. The van der Waals surface area contributed by atoms with Gasteiger partial charge in [0, 0.05) is 11.8 Å². The van der Waals surface area contributed by atoms with Gasteiger partial charge in [-0.05, 0) is 18.6 Å². The molecule has 1 aromatic heterocycles. The van der Waals surface area contributed by atoms with E-state index in [1.807, 2.05) is 6.92 Å². The molecule has 1 heterocycles. The van der Waals surface area contributed by atoms with Crippen LogP contribution in [0.2, 0.25) is 0 Å². The minimum absolute atomic E-state index is 0.181. The summed E-state index contributed by atoms with van der Waals surface area (Å²) >= 11 is 5.42. The lowest BCUT2D eigenvalue weighted by Crippen LogP contribution is -1.90. The van der Waals surface area contributed by atoms with Crippen LogP contribution in [0.1, 0.15) is 11.1 Å². The molecule has 0 bridgehead atoms. The first-order chi connectivity index (χ1) is 4.74. The van der Waals surface area contributed by atoms with Crippen molar-refractivity contribution in [2.24, 2.45) is 0 Å². The summed E-state index contributed by atoms with van der Waals surface area (Å²) in [5, 5.41) is 0. The molecular formula is C7H7ClFN. The van der Waals surface area contributed by atoms with E-state index in [1.165, 1.54) is 6.20 Å². The van der Waals surface area contributed by atoms with Crippen LogP contribution in [0.4, 0.5) is 4.39 Å². The molecule has 3 heteroatoms. The quantitative estimate of drug-likeness (QED) is 0.453. The fraction of sp³-hybridized carbons (Fsp3) is 0.286. The maximum atomic E-state index is 12.6. The van der Waals surface area contributed by atoms with Gasteiger partial charge in [0.15, 0.2) is 0 Å². The lowest BCUT2D eigenvalue weighted by atomic mass is 10.2. The Kier molecular flexibility index (Phi) is 2.22. The molecule has 0 saturated carbocycles. The zero-order valence-corrected chi connectivity index (χ0v) is 6.32. The number of aromatic nitrogens is 1. The average molecular weight is 160 g/mol. The molecule has 0 spiro atoms. The van der Waals surface area contributed by atoms with E-state index in [1.54, 1.807) is 6.07 Å². The lowest BCUT2D eigenvalue weighted by Gasteiger charge is -1.96. The summed E-state index contributed by atoms with van der Waals surface area (Å²) in [6.07, 6.45) is 1.48. The van der Waals surface area contributed by atoms with Crippen LogP contribution in [-0.4, -0.2) is 4.98 Å². The third-order valence-corrected chi connectivity index (χ3v) is 1.48. The number of aryl methyl sites for hydroxylation is 1. The van der Waals surface area contributed by atoms with E-state index in [0.717, 1.165) is 5.56 Å². The van der Waals surface area contributed by atoms with Gasteiger partial charge in [-0.25, -0.2) is 4.98 Å². The van der Waals surface area contributed by atoms with Gasteiger partial charge < -0.3 is 0 Å². The molecule has 0 unspecified atom stereocenters. The minimum atomic E-state index is -0.472. The van der Waals surface area contributed by atoms with Crippen LogP contribution in [0.3, 0.4) is 0 Å². The Bertz CT molecular complexity index is 237. The molecule has 1 nitrogen and oxygen atoms in total. The van der Waals surface area contributed by atoms with E-state index in [9.17, 15) is 4.39 Å². The van der Waals surface area contributed by atoms with Gasteiger partial charge in [-0.3, -0.25) is 0 Å². The predicted molar refractivity (Wildman–Crippen MR) is 38.5 cm³/mol. The number of hydrogen-bond donors (Lipinski definition) is 0. The summed E-state index contributed by atoms with van der Waals surface area (Å²) < 4.78 is 12.6. The Morgan fingerprint density at radius 3 is 2.90 bits per heavy atom. The van der Waals surface area contributed by atoms with Gasteiger partial charge >= 0.3 is 0 Å². The van der Waals surface area contributed by atoms with Crippen molar-refractivity contribution in [3.05, 3.63) is 29.3 Å². The molecule has 1 rings (SSSR count). The van der Waals surface area contributed by atoms with Gasteiger partial charge in [-0.2, -0.15) is 4.39 Å². The van der Waals surface area contributed by atoms with Crippen molar-refractivity contribution < 1.29 is 4.39 Å². The molecule has 0 aliphatic carbocycles. The Morgan fingerprint density at radius 2 is 2.40 bits per heavy atom. The van der Waals surface area contributed by atoms with E-state index in [4.69, 9.17) is 11.6 Å². The maximum absolute atomic E-state index is 12.6. The van der Waals surface area contributed by atoms with Crippen LogP contribution in [0.25, 0.3) is 0 Å². The van der Waals surface area contributed by atoms with Gasteiger partial charge in [-0.15, -0.1) is 11.6 Å². The third-order valence-electron chi connectivity index (χ3n) is 1.19. The number of nitrogens with zero attached hydrogens (tertiary/aromatic N) is 1. The summed E-state index contributed by atoms with van der Waals surface area (Å²) in [5.41, 5.74) is 1.39. The standard InChI is InChI=1S/C7H7ClFN/c1-5-2-6(3-8)7(9)10-4-5/h2,4H,3H2,1H3. The van der Waals surface area contributed by atoms with Gasteiger partial charge in [0.25, 0.3) is 0 Å². The topological polar surface area (TPSA) is 12.9 Å². The van der Waals surface area contributed by atoms with Crippen molar-refractivity contribution in [2.45, 2.75) is 12.8 Å². The van der Waals surface area contributed by atoms with Gasteiger partial charge in [-0.1, -0.05) is 0 Å². The highest BCUT2D eigenvalue weighted by molar-refractivity contribution is 6.17. The molecule has 0 N–H and O–H groups in total. The molecule has 0 aromatic carbocycles. The number of hydrogen-bond acceptors (Lipinski definition) is 1. The zero-order valence-electron chi connectivity index (χ0n) is 5.56. The van der Waals surface area contributed by atoms with Crippen molar-refractivity contribution in [1.82, 2.24) is 4.98 Å². The number of rotatable bonds is 1. The molecule has 10 heavy (non-hydrogen) atoms. The van der Waals surface area contributed by atoms with E-state index < -0.39 is 5.95 Å². The maximum Gasteiger partial charge on any atom is 0.217 e. The summed E-state index contributed by atoms with van der Waals surface area (Å²) in [6.45, 7) is 1.85. The molecule has 0 atom stereocenters. The second-order valence-corrected chi connectivity index (χ2v) is 2.36. The largest absolute Gasteiger partial charge is 0.228 e. The van der Waals surface area contributed by atoms with Crippen molar-refractivity contribution in [1.29, 1.82) is 0 Å². The third kappa shape index (κ3) is 1.45. The normalized spacial score (nSPS) is 9.90.